The fraction of sp³-hybridized carbons (Fsp3) is 0.632. The topological polar surface area (TPSA) is 29.5 Å². The fourth-order valence-corrected chi connectivity index (χ4v) is 3.42. The van der Waals surface area contributed by atoms with Crippen molar-refractivity contribution in [1.82, 2.24) is 0 Å². The van der Waals surface area contributed by atoms with Gasteiger partial charge in [-0.15, -0.1) is 0 Å². The molecule has 122 valence electrons. The van der Waals surface area contributed by atoms with Crippen LogP contribution in [0.3, 0.4) is 0 Å². The predicted octanol–water partition coefficient (Wildman–Crippen LogP) is 4.13. The second kappa shape index (κ2) is 7.66. The third kappa shape index (κ3) is 4.49. The maximum Gasteiger partial charge on any atom is 0.325 e. The first-order chi connectivity index (χ1) is 10.5. The monoisotopic (exact) mass is 303 g/mol. The Labute approximate surface area is 134 Å². The molecular formula is C19H29NO2. The lowest BCUT2D eigenvalue weighted by atomic mass is 9.75. The number of hydrogen-bond acceptors (Lipinski definition) is 3. The second-order valence-electron chi connectivity index (χ2n) is 7.05. The van der Waals surface area contributed by atoms with Gasteiger partial charge in [-0.1, -0.05) is 45.4 Å². The van der Waals surface area contributed by atoms with Gasteiger partial charge in [-0.05, 0) is 42.7 Å². The molecule has 1 aromatic carbocycles. The molecule has 1 aliphatic carbocycles. The van der Waals surface area contributed by atoms with E-state index in [0.29, 0.717) is 24.3 Å². The Morgan fingerprint density at radius 3 is 2.59 bits per heavy atom. The summed E-state index contributed by atoms with van der Waals surface area (Å²) in [7, 11) is 1.93. The molecule has 2 rings (SSSR count). The Bertz CT molecular complexity index is 472. The fourth-order valence-electron chi connectivity index (χ4n) is 3.42. The van der Waals surface area contributed by atoms with Crippen molar-refractivity contribution in [1.29, 1.82) is 0 Å². The third-order valence-corrected chi connectivity index (χ3v) is 4.81. The van der Waals surface area contributed by atoms with Crippen LogP contribution < -0.4 is 4.90 Å². The van der Waals surface area contributed by atoms with Crippen molar-refractivity contribution in [3.63, 3.8) is 0 Å². The van der Waals surface area contributed by atoms with Gasteiger partial charge in [-0.3, -0.25) is 4.79 Å². The second-order valence-corrected chi connectivity index (χ2v) is 7.05. The first-order valence-corrected chi connectivity index (χ1v) is 8.43. The minimum absolute atomic E-state index is 0.0837. The normalized spacial score (nSPS) is 25.0. The summed E-state index contributed by atoms with van der Waals surface area (Å²) in [6.45, 7) is 7.03. The number of nitrogens with zero attached hydrogens (tertiary/aromatic N) is 1. The molecule has 0 saturated heterocycles. The Hall–Kier alpha value is -1.51. The van der Waals surface area contributed by atoms with Crippen LogP contribution in [0.5, 0.6) is 0 Å². The average Bonchev–Trinajstić information content (AvgIpc) is 2.47. The zero-order valence-corrected chi connectivity index (χ0v) is 14.3. The third-order valence-electron chi connectivity index (χ3n) is 4.81. The van der Waals surface area contributed by atoms with E-state index in [1.165, 1.54) is 12.8 Å². The largest absolute Gasteiger partial charge is 0.461 e. The summed E-state index contributed by atoms with van der Waals surface area (Å²) in [5.74, 6) is 1.61. The Balaban J connectivity index is 1.92. The van der Waals surface area contributed by atoms with Crippen LogP contribution in [0.1, 0.15) is 40.0 Å². The van der Waals surface area contributed by atoms with E-state index in [2.05, 4.69) is 20.8 Å². The lowest BCUT2D eigenvalue weighted by molar-refractivity contribution is -0.154. The lowest BCUT2D eigenvalue weighted by Gasteiger charge is -2.37. The minimum Gasteiger partial charge on any atom is -0.461 e. The Kier molecular flexibility index (Phi) is 5.87. The highest BCUT2D eigenvalue weighted by Gasteiger charge is 2.33. The lowest BCUT2D eigenvalue weighted by Crippen LogP contribution is -2.38. The number of hydrogen-bond donors (Lipinski definition) is 0. The van der Waals surface area contributed by atoms with Crippen LogP contribution in [-0.2, 0) is 9.53 Å². The van der Waals surface area contributed by atoms with Crippen LogP contribution in [0.2, 0.25) is 0 Å². The van der Waals surface area contributed by atoms with E-state index < -0.39 is 0 Å². The molecule has 0 spiro atoms. The maximum atomic E-state index is 12.3. The summed E-state index contributed by atoms with van der Waals surface area (Å²) in [6, 6.07) is 9.95. The van der Waals surface area contributed by atoms with Crippen molar-refractivity contribution in [3.8, 4) is 0 Å². The highest BCUT2D eigenvalue weighted by molar-refractivity contribution is 5.75. The standard InChI is InChI=1S/C19H29NO2/c1-14(2)17-11-10-15(3)12-18(17)22-19(21)13-20(4)16-8-6-5-7-9-16/h5-9,14-15,17-18H,10-13H2,1-4H3. The van der Waals surface area contributed by atoms with Crippen LogP contribution in [0.15, 0.2) is 30.3 Å². The first kappa shape index (κ1) is 16.9. The van der Waals surface area contributed by atoms with Gasteiger partial charge >= 0.3 is 5.97 Å². The van der Waals surface area contributed by atoms with Gasteiger partial charge in [0.05, 0.1) is 0 Å². The molecule has 0 aromatic heterocycles. The molecule has 0 amide bonds. The summed E-state index contributed by atoms with van der Waals surface area (Å²) in [6.07, 6.45) is 3.51. The van der Waals surface area contributed by atoms with Crippen molar-refractivity contribution in [2.75, 3.05) is 18.5 Å². The molecule has 0 radical (unpaired) electrons. The molecule has 1 fully saturated rings. The quantitative estimate of drug-likeness (QED) is 0.766. The first-order valence-electron chi connectivity index (χ1n) is 8.43. The van der Waals surface area contributed by atoms with Crippen molar-refractivity contribution in [2.24, 2.45) is 17.8 Å². The zero-order valence-electron chi connectivity index (χ0n) is 14.3. The molecule has 3 unspecified atom stereocenters. The van der Waals surface area contributed by atoms with Gasteiger partial charge in [-0.25, -0.2) is 0 Å². The van der Waals surface area contributed by atoms with E-state index in [-0.39, 0.29) is 12.1 Å². The zero-order chi connectivity index (χ0) is 16.1. The number of likely N-dealkylation sites (N-methyl/N-ethyl adjacent to an activating group) is 1. The number of carbonyl (C=O) groups excluding carboxylic acids is 1. The van der Waals surface area contributed by atoms with Crippen LogP contribution in [0, 0.1) is 17.8 Å². The molecule has 0 aliphatic heterocycles. The van der Waals surface area contributed by atoms with Gasteiger partial charge in [0.1, 0.15) is 12.6 Å². The van der Waals surface area contributed by atoms with E-state index in [9.17, 15) is 4.79 Å². The average molecular weight is 303 g/mol. The van der Waals surface area contributed by atoms with Crippen molar-refractivity contribution >= 4 is 11.7 Å². The summed E-state index contributed by atoms with van der Waals surface area (Å²) >= 11 is 0. The molecule has 3 atom stereocenters. The molecule has 0 N–H and O–H groups in total. The number of ether oxygens (including phenoxy) is 1. The maximum absolute atomic E-state index is 12.3. The summed E-state index contributed by atoms with van der Waals surface area (Å²) in [5, 5.41) is 0. The molecule has 0 heterocycles. The van der Waals surface area contributed by atoms with Crippen LogP contribution in [-0.4, -0.2) is 25.7 Å². The number of esters is 1. The molecule has 0 bridgehead atoms. The number of para-hydroxylation sites is 1. The minimum atomic E-state index is -0.115. The number of anilines is 1. The van der Waals surface area contributed by atoms with E-state index in [1.807, 2.05) is 42.3 Å². The summed E-state index contributed by atoms with van der Waals surface area (Å²) in [5.41, 5.74) is 1.04. The van der Waals surface area contributed by atoms with E-state index >= 15 is 0 Å². The Morgan fingerprint density at radius 2 is 1.95 bits per heavy atom. The SMILES string of the molecule is CC1CCC(C(C)C)C(OC(=O)CN(C)c2ccccc2)C1. The van der Waals surface area contributed by atoms with E-state index in [0.717, 1.165) is 12.1 Å². The molecule has 3 nitrogen and oxygen atoms in total. The van der Waals surface area contributed by atoms with Crippen molar-refractivity contribution < 1.29 is 9.53 Å². The van der Waals surface area contributed by atoms with E-state index in [1.54, 1.807) is 0 Å². The van der Waals surface area contributed by atoms with Gasteiger partial charge in [-0.2, -0.15) is 0 Å². The molecule has 1 saturated carbocycles. The van der Waals surface area contributed by atoms with Crippen LogP contribution in [0.4, 0.5) is 5.69 Å². The molecule has 3 heteroatoms. The van der Waals surface area contributed by atoms with E-state index in [4.69, 9.17) is 4.74 Å². The van der Waals surface area contributed by atoms with Gasteiger partial charge in [0, 0.05) is 12.7 Å². The number of rotatable bonds is 5. The molecular weight excluding hydrogens is 274 g/mol. The van der Waals surface area contributed by atoms with Crippen LogP contribution >= 0.6 is 0 Å². The number of benzene rings is 1. The molecule has 22 heavy (non-hydrogen) atoms. The highest BCUT2D eigenvalue weighted by atomic mass is 16.5. The van der Waals surface area contributed by atoms with Gasteiger partial charge in [0.25, 0.3) is 0 Å². The van der Waals surface area contributed by atoms with Gasteiger partial charge in [0.2, 0.25) is 0 Å². The summed E-state index contributed by atoms with van der Waals surface area (Å²) in [4.78, 5) is 14.2. The van der Waals surface area contributed by atoms with Gasteiger partial charge in [0.15, 0.2) is 0 Å². The molecule has 1 aromatic rings. The smallest absolute Gasteiger partial charge is 0.325 e. The van der Waals surface area contributed by atoms with Crippen molar-refractivity contribution in [3.05, 3.63) is 30.3 Å². The Morgan fingerprint density at radius 1 is 1.27 bits per heavy atom. The molecule has 1 aliphatic rings. The highest BCUT2D eigenvalue weighted by Crippen LogP contribution is 2.35. The summed E-state index contributed by atoms with van der Waals surface area (Å²) < 4.78 is 5.85. The van der Waals surface area contributed by atoms with Crippen LogP contribution in [0.25, 0.3) is 0 Å². The number of carbonyl (C=O) groups is 1. The predicted molar refractivity (Wildman–Crippen MR) is 90.9 cm³/mol. The van der Waals surface area contributed by atoms with Crippen molar-refractivity contribution in [2.45, 2.75) is 46.1 Å². The van der Waals surface area contributed by atoms with Gasteiger partial charge < -0.3 is 9.64 Å².